The second kappa shape index (κ2) is 10.7. The minimum Gasteiger partial charge on any atom is -0.497 e. The Labute approximate surface area is 218 Å². The lowest BCUT2D eigenvalue weighted by Gasteiger charge is -2.41. The number of methoxy groups -OCH3 is 1. The molecule has 6 rings (SSSR count). The number of ether oxygens (including phenoxy) is 3. The molecule has 7 heteroatoms. The predicted molar refractivity (Wildman–Crippen MR) is 142 cm³/mol. The number of hydrogen-bond donors (Lipinski definition) is 2. The van der Waals surface area contributed by atoms with E-state index in [1.54, 1.807) is 19.6 Å². The molecule has 2 bridgehead atoms. The second-order valence-electron chi connectivity index (χ2n) is 10.4. The van der Waals surface area contributed by atoms with Gasteiger partial charge in [0.25, 0.3) is 0 Å². The van der Waals surface area contributed by atoms with Crippen LogP contribution in [0.15, 0.2) is 72.8 Å². The molecule has 0 saturated carbocycles. The number of nitrogens with one attached hydrogen (secondary N) is 1. The zero-order valence-corrected chi connectivity index (χ0v) is 21.3. The Balaban J connectivity index is 1.14. The van der Waals surface area contributed by atoms with Gasteiger partial charge in [-0.05, 0) is 67.5 Å². The quantitative estimate of drug-likeness (QED) is 0.452. The molecule has 2 aromatic carbocycles. The van der Waals surface area contributed by atoms with Gasteiger partial charge in [0.2, 0.25) is 6.79 Å². The molecule has 3 aliphatic heterocycles. The van der Waals surface area contributed by atoms with Crippen molar-refractivity contribution in [1.29, 1.82) is 0 Å². The SMILES string of the molecule is COc1ccc2nccc(C(O)CN3C4CCC3CC(NC(Cc3ccccc3)C3=COCO3)C4)c2c1. The average molecular weight is 502 g/mol. The number of aliphatic hydroxyl groups is 1. The molecule has 2 saturated heterocycles. The number of benzene rings is 2. The maximum atomic E-state index is 11.4. The lowest BCUT2D eigenvalue weighted by atomic mass is 9.94. The number of aromatic nitrogens is 1. The molecular formula is C30H35N3O4. The molecule has 37 heavy (non-hydrogen) atoms. The van der Waals surface area contributed by atoms with Crippen molar-refractivity contribution in [3.63, 3.8) is 0 Å². The smallest absolute Gasteiger partial charge is 0.229 e. The number of aliphatic hydroxyl groups excluding tert-OH is 1. The van der Waals surface area contributed by atoms with Crippen LogP contribution in [0.3, 0.4) is 0 Å². The fraction of sp³-hybridized carbons (Fsp3) is 0.433. The summed E-state index contributed by atoms with van der Waals surface area (Å²) >= 11 is 0. The third-order valence-corrected chi connectivity index (χ3v) is 8.17. The molecule has 2 fully saturated rings. The van der Waals surface area contributed by atoms with Crippen LogP contribution in [0.25, 0.3) is 10.9 Å². The van der Waals surface area contributed by atoms with E-state index < -0.39 is 6.10 Å². The summed E-state index contributed by atoms with van der Waals surface area (Å²) in [6, 6.07) is 19.7. The van der Waals surface area contributed by atoms with Crippen molar-refractivity contribution in [2.45, 2.75) is 62.4 Å². The Kier molecular flexibility index (Phi) is 7.00. The van der Waals surface area contributed by atoms with E-state index in [9.17, 15) is 5.11 Å². The molecule has 4 heterocycles. The topological polar surface area (TPSA) is 76.1 Å². The van der Waals surface area contributed by atoms with E-state index in [0.29, 0.717) is 31.5 Å². The molecule has 0 aliphatic carbocycles. The maximum Gasteiger partial charge on any atom is 0.229 e. The number of rotatable bonds is 9. The minimum atomic E-state index is -0.578. The van der Waals surface area contributed by atoms with E-state index in [0.717, 1.165) is 47.2 Å². The summed E-state index contributed by atoms with van der Waals surface area (Å²) in [4.78, 5) is 7.01. The highest BCUT2D eigenvalue weighted by Gasteiger charge is 2.42. The Morgan fingerprint density at radius 3 is 2.65 bits per heavy atom. The van der Waals surface area contributed by atoms with Crippen molar-refractivity contribution >= 4 is 10.9 Å². The van der Waals surface area contributed by atoms with Crippen molar-refractivity contribution in [3.05, 3.63) is 83.9 Å². The lowest BCUT2D eigenvalue weighted by molar-refractivity contribution is 0.0474. The monoisotopic (exact) mass is 501 g/mol. The fourth-order valence-electron chi connectivity index (χ4n) is 6.38. The van der Waals surface area contributed by atoms with Crippen LogP contribution in [0.4, 0.5) is 0 Å². The number of nitrogens with zero attached hydrogens (tertiary/aromatic N) is 2. The first-order valence-electron chi connectivity index (χ1n) is 13.3. The van der Waals surface area contributed by atoms with Gasteiger partial charge in [-0.3, -0.25) is 9.88 Å². The van der Waals surface area contributed by atoms with E-state index in [1.807, 2.05) is 30.3 Å². The maximum absolute atomic E-state index is 11.4. The molecule has 3 aromatic rings. The van der Waals surface area contributed by atoms with Crippen molar-refractivity contribution < 1.29 is 19.3 Å². The van der Waals surface area contributed by atoms with E-state index >= 15 is 0 Å². The van der Waals surface area contributed by atoms with E-state index in [-0.39, 0.29) is 6.04 Å². The summed E-state index contributed by atoms with van der Waals surface area (Å²) < 4.78 is 16.6. The van der Waals surface area contributed by atoms with Crippen molar-refractivity contribution in [1.82, 2.24) is 15.2 Å². The van der Waals surface area contributed by atoms with E-state index in [2.05, 4.69) is 39.5 Å². The van der Waals surface area contributed by atoms with Gasteiger partial charge in [0.05, 0.1) is 24.8 Å². The summed E-state index contributed by atoms with van der Waals surface area (Å²) in [5.74, 6) is 1.66. The van der Waals surface area contributed by atoms with Gasteiger partial charge in [-0.1, -0.05) is 30.3 Å². The van der Waals surface area contributed by atoms with Crippen LogP contribution >= 0.6 is 0 Å². The zero-order chi connectivity index (χ0) is 25.2. The summed E-state index contributed by atoms with van der Waals surface area (Å²) in [5.41, 5.74) is 3.07. The molecule has 4 unspecified atom stereocenters. The van der Waals surface area contributed by atoms with E-state index in [1.165, 1.54) is 18.4 Å². The summed E-state index contributed by atoms with van der Waals surface area (Å²) in [6.07, 6.45) is 8.30. The number of piperidine rings is 1. The molecular weight excluding hydrogens is 466 g/mol. The summed E-state index contributed by atoms with van der Waals surface area (Å²) in [6.45, 7) is 0.924. The third kappa shape index (κ3) is 5.17. The molecule has 4 atom stereocenters. The van der Waals surface area contributed by atoms with Gasteiger partial charge in [-0.15, -0.1) is 0 Å². The Hall–Kier alpha value is -3.13. The highest BCUT2D eigenvalue weighted by atomic mass is 16.7. The van der Waals surface area contributed by atoms with Crippen LogP contribution in [0, 0.1) is 0 Å². The molecule has 194 valence electrons. The van der Waals surface area contributed by atoms with Crippen LogP contribution in [0.2, 0.25) is 0 Å². The molecule has 1 aromatic heterocycles. The normalized spacial score (nSPS) is 24.8. The molecule has 0 spiro atoms. The van der Waals surface area contributed by atoms with Crippen molar-refractivity contribution in [2.75, 3.05) is 20.4 Å². The van der Waals surface area contributed by atoms with Gasteiger partial charge < -0.3 is 24.6 Å². The van der Waals surface area contributed by atoms with Gasteiger partial charge >= 0.3 is 0 Å². The third-order valence-electron chi connectivity index (χ3n) is 8.17. The Bertz CT molecular complexity index is 1240. The molecule has 2 N–H and O–H groups in total. The van der Waals surface area contributed by atoms with Gasteiger partial charge in [0.1, 0.15) is 12.0 Å². The first-order valence-corrected chi connectivity index (χ1v) is 13.3. The molecule has 3 aliphatic rings. The largest absolute Gasteiger partial charge is 0.497 e. The Morgan fingerprint density at radius 1 is 1.11 bits per heavy atom. The van der Waals surface area contributed by atoms with Crippen LogP contribution < -0.4 is 10.1 Å². The van der Waals surface area contributed by atoms with Gasteiger partial charge in [-0.2, -0.15) is 0 Å². The standard InChI is InChI=1S/C30H35N3O4/c1-35-24-9-10-27-26(16-24)25(11-12-31-27)29(34)17-33-22-7-8-23(33)15-21(14-22)32-28(30-18-36-19-37-30)13-20-5-3-2-4-6-20/h2-6,9-12,16,18,21-23,28-29,32,34H,7-8,13-15,17,19H2,1H3. The lowest BCUT2D eigenvalue weighted by Crippen LogP contribution is -2.52. The molecule has 0 radical (unpaired) electrons. The Morgan fingerprint density at radius 2 is 1.92 bits per heavy atom. The highest BCUT2D eigenvalue weighted by molar-refractivity contribution is 5.83. The number of hydrogen-bond acceptors (Lipinski definition) is 7. The van der Waals surface area contributed by atoms with Gasteiger partial charge in [-0.25, -0.2) is 0 Å². The van der Waals surface area contributed by atoms with Crippen LogP contribution in [0.1, 0.15) is 42.9 Å². The van der Waals surface area contributed by atoms with Gasteiger partial charge in [0, 0.05) is 36.3 Å². The zero-order valence-electron chi connectivity index (χ0n) is 21.3. The van der Waals surface area contributed by atoms with Gasteiger partial charge in [0.15, 0.2) is 5.76 Å². The van der Waals surface area contributed by atoms with E-state index in [4.69, 9.17) is 14.2 Å². The summed E-state index contributed by atoms with van der Waals surface area (Å²) in [7, 11) is 1.66. The molecule has 7 nitrogen and oxygen atoms in total. The van der Waals surface area contributed by atoms with Crippen LogP contribution in [-0.2, 0) is 15.9 Å². The number of fused-ring (bicyclic) bond motifs is 3. The van der Waals surface area contributed by atoms with Crippen LogP contribution in [0.5, 0.6) is 5.75 Å². The second-order valence-corrected chi connectivity index (χ2v) is 10.4. The van der Waals surface area contributed by atoms with Crippen LogP contribution in [-0.4, -0.2) is 59.6 Å². The first-order chi connectivity index (χ1) is 18.2. The van der Waals surface area contributed by atoms with Crippen molar-refractivity contribution in [3.8, 4) is 5.75 Å². The minimum absolute atomic E-state index is 0.0876. The highest BCUT2D eigenvalue weighted by Crippen LogP contribution is 2.38. The predicted octanol–water partition coefficient (Wildman–Crippen LogP) is 4.32. The number of pyridine rings is 1. The first kappa shape index (κ1) is 24.2. The summed E-state index contributed by atoms with van der Waals surface area (Å²) in [5, 5.41) is 16.2. The average Bonchev–Trinajstić information content (AvgIpc) is 3.54. The molecule has 0 amide bonds. The van der Waals surface area contributed by atoms with Crippen molar-refractivity contribution in [2.24, 2.45) is 0 Å². The fourth-order valence-corrected chi connectivity index (χ4v) is 6.38.